The quantitative estimate of drug-likeness (QED) is 0.491. The Kier molecular flexibility index (Phi) is 2.93. The highest BCUT2D eigenvalue weighted by molar-refractivity contribution is 5.88. The van der Waals surface area contributed by atoms with Gasteiger partial charge in [-0.1, -0.05) is 0 Å². The molecule has 66 valence electrons. The standard InChI is InChI=1S/C10H10N2O/c1-8(13)12-10-4-2-9(3-5-10)6-7-11/h2-5H,11H2,1H3,(H,12,13). The highest BCUT2D eigenvalue weighted by Crippen LogP contribution is 2.07. The van der Waals surface area contributed by atoms with Gasteiger partial charge in [0.2, 0.25) is 5.91 Å². The normalized spacial score (nSPS) is 8.38. The summed E-state index contributed by atoms with van der Waals surface area (Å²) in [6, 6.07) is 9.46. The molecule has 0 aliphatic heterocycles. The smallest absolute Gasteiger partial charge is 0.221 e. The number of carbonyl (C=O) groups excluding carboxylic acids is 1. The number of amides is 1. The number of benzene rings is 1. The molecule has 3 N–H and O–H groups in total. The Hall–Kier alpha value is -1.95. The predicted octanol–water partition coefficient (Wildman–Crippen LogP) is 0.913. The first-order valence-electron chi connectivity index (χ1n) is 3.81. The molecule has 1 aromatic rings. The number of nitrogens with one attached hydrogen (secondary N) is 1. The minimum absolute atomic E-state index is 0.0855. The lowest BCUT2D eigenvalue weighted by atomic mass is 10.2. The highest BCUT2D eigenvalue weighted by atomic mass is 16.1. The first-order chi connectivity index (χ1) is 6.22. The lowest BCUT2D eigenvalue weighted by Crippen LogP contribution is -2.05. The van der Waals surface area contributed by atoms with Gasteiger partial charge in [0.1, 0.15) is 0 Å². The van der Waals surface area contributed by atoms with Gasteiger partial charge in [0.05, 0.1) is 0 Å². The van der Waals surface area contributed by atoms with Crippen LogP contribution in [0.2, 0.25) is 0 Å². The fourth-order valence-corrected chi connectivity index (χ4v) is 0.923. The van der Waals surface area contributed by atoms with E-state index in [1.807, 2.05) is 0 Å². The van der Waals surface area contributed by atoms with E-state index in [1.54, 1.807) is 24.3 Å². The zero-order valence-corrected chi connectivity index (χ0v) is 7.29. The number of carbonyl (C=O) groups is 1. The molecule has 1 amide bonds. The summed E-state index contributed by atoms with van der Waals surface area (Å²) in [5.41, 5.74) is 6.64. The van der Waals surface area contributed by atoms with Crippen molar-refractivity contribution < 1.29 is 4.79 Å². The molecule has 0 unspecified atom stereocenters. The van der Waals surface area contributed by atoms with Gasteiger partial charge in [-0.05, 0) is 30.2 Å². The van der Waals surface area contributed by atoms with Crippen LogP contribution in [-0.4, -0.2) is 5.91 Å². The molecular formula is C10H10N2O. The molecule has 0 aromatic heterocycles. The molecule has 3 nitrogen and oxygen atoms in total. The molecule has 0 saturated heterocycles. The summed E-state index contributed by atoms with van der Waals surface area (Å²) in [6.07, 6.45) is 0. The van der Waals surface area contributed by atoms with E-state index in [0.717, 1.165) is 11.3 Å². The van der Waals surface area contributed by atoms with Crippen LogP contribution in [0.15, 0.2) is 24.3 Å². The van der Waals surface area contributed by atoms with E-state index in [9.17, 15) is 4.79 Å². The fraction of sp³-hybridized carbons (Fsp3) is 0.100. The van der Waals surface area contributed by atoms with Crippen molar-refractivity contribution in [2.45, 2.75) is 6.92 Å². The van der Waals surface area contributed by atoms with Gasteiger partial charge >= 0.3 is 0 Å². The summed E-state index contributed by atoms with van der Waals surface area (Å²) in [4.78, 5) is 10.7. The van der Waals surface area contributed by atoms with E-state index in [2.05, 4.69) is 17.3 Å². The van der Waals surface area contributed by atoms with Crippen molar-refractivity contribution in [1.82, 2.24) is 0 Å². The lowest BCUT2D eigenvalue weighted by molar-refractivity contribution is -0.114. The number of anilines is 1. The number of rotatable bonds is 1. The van der Waals surface area contributed by atoms with Gasteiger partial charge in [-0.3, -0.25) is 4.79 Å². The van der Waals surface area contributed by atoms with Crippen LogP contribution in [0, 0.1) is 12.0 Å². The number of hydrogen-bond acceptors (Lipinski definition) is 2. The third-order valence-corrected chi connectivity index (χ3v) is 1.42. The Morgan fingerprint density at radius 2 is 2.00 bits per heavy atom. The van der Waals surface area contributed by atoms with Gasteiger partial charge in [-0.25, -0.2) is 0 Å². The molecule has 0 radical (unpaired) electrons. The Labute approximate surface area is 76.9 Å². The SMILES string of the molecule is CC(=O)Nc1ccc(C#CN)cc1. The summed E-state index contributed by atoms with van der Waals surface area (Å²) in [6.45, 7) is 1.47. The molecule has 0 heterocycles. The molecule has 3 heteroatoms. The third-order valence-electron chi connectivity index (χ3n) is 1.42. The molecule has 0 saturated carbocycles. The molecule has 13 heavy (non-hydrogen) atoms. The van der Waals surface area contributed by atoms with Crippen LogP contribution in [0.5, 0.6) is 0 Å². The van der Waals surface area contributed by atoms with Crippen LogP contribution < -0.4 is 11.1 Å². The monoisotopic (exact) mass is 174 g/mol. The summed E-state index contributed by atoms with van der Waals surface area (Å²) in [5.74, 6) is 2.62. The molecule has 0 aliphatic rings. The average molecular weight is 174 g/mol. The van der Waals surface area contributed by atoms with E-state index in [1.165, 1.54) is 6.92 Å². The van der Waals surface area contributed by atoms with Crippen LogP contribution in [-0.2, 0) is 4.79 Å². The Morgan fingerprint density at radius 1 is 1.38 bits per heavy atom. The van der Waals surface area contributed by atoms with Crippen molar-refractivity contribution in [1.29, 1.82) is 0 Å². The van der Waals surface area contributed by atoms with Gasteiger partial charge in [-0.2, -0.15) is 0 Å². The maximum atomic E-state index is 10.7. The fourth-order valence-electron chi connectivity index (χ4n) is 0.923. The molecule has 1 aromatic carbocycles. The second-order valence-electron chi connectivity index (χ2n) is 2.53. The van der Waals surface area contributed by atoms with Gasteiger partial charge < -0.3 is 11.1 Å². The van der Waals surface area contributed by atoms with E-state index >= 15 is 0 Å². The molecule has 0 bridgehead atoms. The second kappa shape index (κ2) is 4.17. The van der Waals surface area contributed by atoms with Crippen LogP contribution in [0.4, 0.5) is 5.69 Å². The maximum Gasteiger partial charge on any atom is 0.221 e. The first kappa shape index (κ1) is 9.14. The van der Waals surface area contributed by atoms with Crippen molar-refractivity contribution in [2.24, 2.45) is 5.73 Å². The first-order valence-corrected chi connectivity index (χ1v) is 3.81. The van der Waals surface area contributed by atoms with Crippen LogP contribution >= 0.6 is 0 Å². The minimum atomic E-state index is -0.0855. The van der Waals surface area contributed by atoms with Crippen molar-refractivity contribution in [3.8, 4) is 12.0 Å². The zero-order valence-electron chi connectivity index (χ0n) is 7.29. The van der Waals surface area contributed by atoms with E-state index < -0.39 is 0 Å². The largest absolute Gasteiger partial charge is 0.359 e. The van der Waals surface area contributed by atoms with Crippen molar-refractivity contribution in [3.63, 3.8) is 0 Å². The van der Waals surface area contributed by atoms with Crippen molar-refractivity contribution >= 4 is 11.6 Å². The summed E-state index contributed by atoms with van der Waals surface area (Å²) in [5, 5.41) is 2.66. The summed E-state index contributed by atoms with van der Waals surface area (Å²) >= 11 is 0. The molecule has 0 spiro atoms. The molecule has 1 rings (SSSR count). The minimum Gasteiger partial charge on any atom is -0.359 e. The molecule has 0 fully saturated rings. The van der Waals surface area contributed by atoms with Crippen LogP contribution in [0.25, 0.3) is 0 Å². The topological polar surface area (TPSA) is 55.1 Å². The van der Waals surface area contributed by atoms with Gasteiger partial charge in [-0.15, -0.1) is 0 Å². The van der Waals surface area contributed by atoms with E-state index in [-0.39, 0.29) is 5.91 Å². The second-order valence-corrected chi connectivity index (χ2v) is 2.53. The third kappa shape index (κ3) is 2.88. The Balaban J connectivity index is 2.79. The molecular weight excluding hydrogens is 164 g/mol. The van der Waals surface area contributed by atoms with Crippen molar-refractivity contribution in [2.75, 3.05) is 5.32 Å². The maximum absolute atomic E-state index is 10.7. The van der Waals surface area contributed by atoms with Gasteiger partial charge in [0.25, 0.3) is 0 Å². The number of hydrogen-bond donors (Lipinski definition) is 2. The Bertz CT molecular complexity index is 357. The molecule has 0 aliphatic carbocycles. The van der Waals surface area contributed by atoms with Crippen LogP contribution in [0.1, 0.15) is 12.5 Å². The predicted molar refractivity (Wildman–Crippen MR) is 51.8 cm³/mol. The number of nitrogens with two attached hydrogens (primary N) is 1. The highest BCUT2D eigenvalue weighted by Gasteiger charge is 1.93. The van der Waals surface area contributed by atoms with Gasteiger partial charge in [0, 0.05) is 24.2 Å². The zero-order chi connectivity index (χ0) is 9.68. The summed E-state index contributed by atoms with van der Waals surface area (Å²) < 4.78 is 0. The van der Waals surface area contributed by atoms with Gasteiger partial charge in [0.15, 0.2) is 0 Å². The average Bonchev–Trinajstić information content (AvgIpc) is 2.08. The van der Waals surface area contributed by atoms with E-state index in [0.29, 0.717) is 0 Å². The van der Waals surface area contributed by atoms with Crippen molar-refractivity contribution in [3.05, 3.63) is 29.8 Å². The lowest BCUT2D eigenvalue weighted by Gasteiger charge is -2.00. The molecule has 0 atom stereocenters. The summed E-state index contributed by atoms with van der Waals surface area (Å²) in [7, 11) is 0. The van der Waals surface area contributed by atoms with Crippen LogP contribution in [0.3, 0.4) is 0 Å². The Morgan fingerprint density at radius 3 is 2.46 bits per heavy atom. The van der Waals surface area contributed by atoms with E-state index in [4.69, 9.17) is 5.73 Å².